The minimum Gasteiger partial charge on any atom is -0.396 e. The van der Waals surface area contributed by atoms with Crippen LogP contribution in [0.5, 0.6) is 0 Å². The highest BCUT2D eigenvalue weighted by Gasteiger charge is 2.47. The van der Waals surface area contributed by atoms with Crippen molar-refractivity contribution in [3.05, 3.63) is 65.2 Å². The second kappa shape index (κ2) is 5.21. The predicted molar refractivity (Wildman–Crippen MR) is 85.2 cm³/mol. The molecule has 23 heavy (non-hydrogen) atoms. The third-order valence-corrected chi connectivity index (χ3v) is 4.44. The molecule has 2 aliphatic rings. The summed E-state index contributed by atoms with van der Waals surface area (Å²) >= 11 is 0. The van der Waals surface area contributed by atoms with Gasteiger partial charge in [0.2, 0.25) is 0 Å². The standard InChI is InChI=1S/C18H16N2O3/c21-11-5-10-19-16-12-6-1-2-7-13(12)18(23)20(16)15-9-4-3-8-14(15)17(19)22/h1-4,6-9,16,21H,5,10-11H2/t16-/m1/s1. The second-order valence-electron chi connectivity index (χ2n) is 5.73. The van der Waals surface area contributed by atoms with E-state index < -0.39 is 6.17 Å². The molecule has 2 aliphatic heterocycles. The van der Waals surface area contributed by atoms with Crippen LogP contribution in [-0.2, 0) is 0 Å². The van der Waals surface area contributed by atoms with Crippen molar-refractivity contribution in [1.29, 1.82) is 0 Å². The smallest absolute Gasteiger partial charge is 0.260 e. The van der Waals surface area contributed by atoms with E-state index in [0.29, 0.717) is 29.8 Å². The van der Waals surface area contributed by atoms with Crippen molar-refractivity contribution in [1.82, 2.24) is 4.90 Å². The number of anilines is 1. The zero-order valence-corrected chi connectivity index (χ0v) is 12.5. The summed E-state index contributed by atoms with van der Waals surface area (Å²) in [5.41, 5.74) is 2.67. The second-order valence-corrected chi connectivity index (χ2v) is 5.73. The van der Waals surface area contributed by atoms with E-state index in [4.69, 9.17) is 5.11 Å². The third kappa shape index (κ3) is 1.90. The normalized spacial score (nSPS) is 18.7. The molecule has 116 valence electrons. The van der Waals surface area contributed by atoms with Crippen LogP contribution in [0.1, 0.15) is 38.9 Å². The number of para-hydroxylation sites is 1. The van der Waals surface area contributed by atoms with Gasteiger partial charge in [-0.3, -0.25) is 14.5 Å². The first-order valence-electron chi connectivity index (χ1n) is 7.67. The van der Waals surface area contributed by atoms with Gasteiger partial charge in [0.15, 0.2) is 0 Å². The summed E-state index contributed by atoms with van der Waals surface area (Å²) in [6.45, 7) is 0.417. The summed E-state index contributed by atoms with van der Waals surface area (Å²) in [4.78, 5) is 29.1. The summed E-state index contributed by atoms with van der Waals surface area (Å²) < 4.78 is 0. The number of fused-ring (bicyclic) bond motifs is 5. The lowest BCUT2D eigenvalue weighted by Crippen LogP contribution is -2.48. The third-order valence-electron chi connectivity index (χ3n) is 4.44. The Labute approximate surface area is 133 Å². The van der Waals surface area contributed by atoms with Crippen molar-refractivity contribution >= 4 is 17.5 Å². The van der Waals surface area contributed by atoms with E-state index in [1.165, 1.54) is 0 Å². The van der Waals surface area contributed by atoms with Gasteiger partial charge in [0.25, 0.3) is 11.8 Å². The van der Waals surface area contributed by atoms with Gasteiger partial charge < -0.3 is 10.0 Å². The average Bonchev–Trinajstić information content (AvgIpc) is 2.89. The zero-order chi connectivity index (χ0) is 16.0. The number of hydrogen-bond donors (Lipinski definition) is 1. The molecule has 0 fully saturated rings. The van der Waals surface area contributed by atoms with E-state index in [1.807, 2.05) is 30.3 Å². The van der Waals surface area contributed by atoms with Crippen LogP contribution in [0.3, 0.4) is 0 Å². The number of hydrogen-bond acceptors (Lipinski definition) is 3. The molecule has 5 heteroatoms. The Morgan fingerprint density at radius 2 is 1.61 bits per heavy atom. The fourth-order valence-electron chi connectivity index (χ4n) is 3.44. The summed E-state index contributed by atoms with van der Waals surface area (Å²) in [5.74, 6) is -0.181. The molecule has 0 bridgehead atoms. The number of benzene rings is 2. The fraction of sp³-hybridized carbons (Fsp3) is 0.222. The van der Waals surface area contributed by atoms with Gasteiger partial charge in [-0.15, -0.1) is 0 Å². The average molecular weight is 308 g/mol. The number of rotatable bonds is 3. The summed E-state index contributed by atoms with van der Waals surface area (Å²) in [6.07, 6.45) is 0.0573. The van der Waals surface area contributed by atoms with Crippen molar-refractivity contribution in [3.63, 3.8) is 0 Å². The molecule has 0 aliphatic carbocycles. The van der Waals surface area contributed by atoms with E-state index in [9.17, 15) is 9.59 Å². The van der Waals surface area contributed by atoms with Crippen LogP contribution in [0.25, 0.3) is 0 Å². The summed E-state index contributed by atoms with van der Waals surface area (Å²) in [6, 6.07) is 14.6. The monoisotopic (exact) mass is 308 g/mol. The van der Waals surface area contributed by atoms with E-state index in [-0.39, 0.29) is 18.4 Å². The minimum atomic E-state index is -0.423. The molecule has 2 aromatic rings. The van der Waals surface area contributed by atoms with Crippen LogP contribution in [0.4, 0.5) is 5.69 Å². The molecule has 0 aromatic heterocycles. The van der Waals surface area contributed by atoms with Gasteiger partial charge in [-0.2, -0.15) is 0 Å². The number of amides is 2. The van der Waals surface area contributed by atoms with Crippen LogP contribution in [-0.4, -0.2) is 35.0 Å². The lowest BCUT2D eigenvalue weighted by atomic mass is 10.0. The molecular weight excluding hydrogens is 292 g/mol. The SMILES string of the molecule is O=C1c2ccccc2N2C(=O)c3ccccc3[C@@H]2N1CCCO. The Morgan fingerprint density at radius 3 is 2.39 bits per heavy atom. The molecule has 0 saturated heterocycles. The fourth-order valence-corrected chi connectivity index (χ4v) is 3.44. The predicted octanol–water partition coefficient (Wildman–Crippen LogP) is 2.18. The molecule has 5 nitrogen and oxygen atoms in total. The maximum atomic E-state index is 12.9. The van der Waals surface area contributed by atoms with Gasteiger partial charge in [-0.05, 0) is 24.6 Å². The Kier molecular flexibility index (Phi) is 3.16. The van der Waals surface area contributed by atoms with E-state index in [1.54, 1.807) is 28.0 Å². The molecule has 2 heterocycles. The maximum Gasteiger partial charge on any atom is 0.260 e. The molecule has 0 unspecified atom stereocenters. The molecule has 0 saturated carbocycles. The van der Waals surface area contributed by atoms with Crippen molar-refractivity contribution in [2.75, 3.05) is 18.1 Å². The molecular formula is C18H16N2O3. The van der Waals surface area contributed by atoms with E-state index >= 15 is 0 Å². The summed E-state index contributed by atoms with van der Waals surface area (Å²) in [5, 5.41) is 9.15. The zero-order valence-electron chi connectivity index (χ0n) is 12.5. The highest BCUT2D eigenvalue weighted by molar-refractivity contribution is 6.16. The molecule has 2 aromatic carbocycles. The van der Waals surface area contributed by atoms with Gasteiger partial charge in [0, 0.05) is 24.3 Å². The van der Waals surface area contributed by atoms with Crippen molar-refractivity contribution in [3.8, 4) is 0 Å². The lowest BCUT2D eigenvalue weighted by molar-refractivity contribution is 0.0633. The van der Waals surface area contributed by atoms with E-state index in [2.05, 4.69) is 0 Å². The number of nitrogens with zero attached hydrogens (tertiary/aromatic N) is 2. The molecule has 1 N–H and O–H groups in total. The number of carbonyl (C=O) groups excluding carboxylic acids is 2. The number of aliphatic hydroxyl groups is 1. The van der Waals surface area contributed by atoms with Crippen molar-refractivity contribution in [2.24, 2.45) is 0 Å². The van der Waals surface area contributed by atoms with Crippen molar-refractivity contribution in [2.45, 2.75) is 12.6 Å². The first-order valence-corrected chi connectivity index (χ1v) is 7.67. The Balaban J connectivity index is 1.91. The number of carbonyl (C=O) groups is 2. The van der Waals surface area contributed by atoms with E-state index in [0.717, 1.165) is 5.56 Å². The first-order chi connectivity index (χ1) is 11.2. The van der Waals surface area contributed by atoms with Gasteiger partial charge in [0.1, 0.15) is 6.17 Å². The maximum absolute atomic E-state index is 12.9. The molecule has 0 radical (unpaired) electrons. The van der Waals surface area contributed by atoms with Gasteiger partial charge in [0.05, 0.1) is 11.3 Å². The largest absolute Gasteiger partial charge is 0.396 e. The molecule has 1 atom stereocenters. The minimum absolute atomic E-state index is 0.00768. The lowest BCUT2D eigenvalue weighted by Gasteiger charge is -2.40. The van der Waals surface area contributed by atoms with Crippen LogP contribution in [0, 0.1) is 0 Å². The molecule has 4 rings (SSSR count). The quantitative estimate of drug-likeness (QED) is 0.945. The Morgan fingerprint density at radius 1 is 0.913 bits per heavy atom. The highest BCUT2D eigenvalue weighted by Crippen LogP contribution is 2.44. The Bertz CT molecular complexity index is 802. The van der Waals surface area contributed by atoms with Crippen molar-refractivity contribution < 1.29 is 14.7 Å². The number of aliphatic hydroxyl groups excluding tert-OH is 1. The Hall–Kier alpha value is -2.66. The van der Waals surface area contributed by atoms with Crippen LogP contribution < -0.4 is 4.90 Å². The van der Waals surface area contributed by atoms with Crippen LogP contribution in [0.15, 0.2) is 48.5 Å². The van der Waals surface area contributed by atoms with Gasteiger partial charge >= 0.3 is 0 Å². The summed E-state index contributed by atoms with van der Waals surface area (Å²) in [7, 11) is 0. The van der Waals surface area contributed by atoms with Gasteiger partial charge in [-0.1, -0.05) is 30.3 Å². The molecule has 2 amide bonds. The first kappa shape index (κ1) is 14.0. The molecule has 0 spiro atoms. The van der Waals surface area contributed by atoms with Crippen LogP contribution >= 0.6 is 0 Å². The topological polar surface area (TPSA) is 60.9 Å². The van der Waals surface area contributed by atoms with Gasteiger partial charge in [-0.25, -0.2) is 0 Å². The highest BCUT2D eigenvalue weighted by atomic mass is 16.3. The van der Waals surface area contributed by atoms with Crippen LogP contribution in [0.2, 0.25) is 0 Å².